The molecular weight excluding hydrogens is 476 g/mol. The Kier molecular flexibility index (Phi) is 6.88. The van der Waals surface area contributed by atoms with Crippen LogP contribution < -0.4 is 0 Å². The van der Waals surface area contributed by atoms with Gasteiger partial charge in [-0.2, -0.15) is 0 Å². The number of hydrogen-bond donors (Lipinski definition) is 2. The van der Waals surface area contributed by atoms with Crippen LogP contribution in [0, 0.1) is 35.5 Å². The number of carbonyl (C=O) groups excluding carboxylic acids is 2. The van der Waals surface area contributed by atoms with Crippen LogP contribution in [0.15, 0.2) is 46.8 Å². The van der Waals surface area contributed by atoms with E-state index in [4.69, 9.17) is 18.6 Å². The Labute approximate surface area is 217 Å². The van der Waals surface area contributed by atoms with Crippen LogP contribution in [0.1, 0.15) is 57.8 Å². The molecule has 8 nitrogen and oxygen atoms in total. The second kappa shape index (κ2) is 9.71. The third kappa shape index (κ3) is 3.91. The van der Waals surface area contributed by atoms with Crippen LogP contribution in [0.25, 0.3) is 0 Å². The maximum Gasteiger partial charge on any atom is 0.341 e. The van der Waals surface area contributed by atoms with Crippen molar-refractivity contribution < 1.29 is 38.4 Å². The van der Waals surface area contributed by atoms with Crippen molar-refractivity contribution in [3.05, 3.63) is 48.0 Å². The highest BCUT2D eigenvalue weighted by Gasteiger charge is 2.70. The first-order valence-electron chi connectivity index (χ1n) is 13.5. The zero-order valence-electron chi connectivity index (χ0n) is 22.1. The highest BCUT2D eigenvalue weighted by Crippen LogP contribution is 2.62. The summed E-state index contributed by atoms with van der Waals surface area (Å²) in [6.07, 6.45) is 6.37. The molecule has 8 heteroatoms. The van der Waals surface area contributed by atoms with E-state index in [9.17, 15) is 19.8 Å². The summed E-state index contributed by atoms with van der Waals surface area (Å²) in [4.78, 5) is 26.4. The van der Waals surface area contributed by atoms with E-state index in [2.05, 4.69) is 0 Å². The number of ether oxygens (including phenoxy) is 3. The molecule has 1 saturated carbocycles. The molecule has 12 atom stereocenters. The van der Waals surface area contributed by atoms with Gasteiger partial charge in [-0.25, -0.2) is 4.79 Å². The highest BCUT2D eigenvalue weighted by atomic mass is 16.6. The van der Waals surface area contributed by atoms with Gasteiger partial charge in [-0.15, -0.1) is 0 Å². The standard InChI is InChI=1S/C29H38O8/c1-6-18-20-9-8-19-22-23(31)16(5)25(36-27(32)17-10-11-34-13-17)26(19)37-29(20,22)15(4)12-14(3)24(21(30)7-2)35-28(18)33/h8-14,16,18-26,30-31H,6-7H2,1-5H3/b15-12+/t14-,16-,18-,19-,20-,21-,22+,23-,24+,25-,26-,29+/m1/s1. The molecule has 3 heterocycles. The number of furan rings is 1. The number of hydrogen-bond acceptors (Lipinski definition) is 8. The second-order valence-corrected chi connectivity index (χ2v) is 11.2. The Morgan fingerprint density at radius 3 is 2.65 bits per heavy atom. The van der Waals surface area contributed by atoms with Crippen molar-refractivity contribution in [1.82, 2.24) is 0 Å². The smallest absolute Gasteiger partial charge is 0.341 e. The van der Waals surface area contributed by atoms with Gasteiger partial charge >= 0.3 is 11.9 Å². The second-order valence-electron chi connectivity index (χ2n) is 11.2. The fourth-order valence-electron chi connectivity index (χ4n) is 7.36. The van der Waals surface area contributed by atoms with Gasteiger partial charge in [0.25, 0.3) is 0 Å². The predicted octanol–water partition coefficient (Wildman–Crippen LogP) is 3.68. The molecule has 2 aliphatic carbocycles. The summed E-state index contributed by atoms with van der Waals surface area (Å²) in [6.45, 7) is 9.61. The molecule has 1 spiro atoms. The number of carbonyl (C=O) groups is 2. The summed E-state index contributed by atoms with van der Waals surface area (Å²) < 4.78 is 23.9. The molecule has 2 fully saturated rings. The molecule has 2 aliphatic heterocycles. The van der Waals surface area contributed by atoms with Gasteiger partial charge in [0, 0.05) is 29.6 Å². The van der Waals surface area contributed by atoms with Crippen LogP contribution in [0.3, 0.4) is 0 Å². The van der Waals surface area contributed by atoms with Gasteiger partial charge in [0.05, 0.1) is 30.0 Å². The number of aliphatic hydroxyl groups excluding tert-OH is 2. The lowest BCUT2D eigenvalue weighted by Crippen LogP contribution is -2.57. The third-order valence-corrected chi connectivity index (χ3v) is 9.28. The number of aliphatic hydroxyl groups is 2. The van der Waals surface area contributed by atoms with Crippen molar-refractivity contribution in [1.29, 1.82) is 0 Å². The molecule has 0 radical (unpaired) electrons. The molecule has 37 heavy (non-hydrogen) atoms. The average molecular weight is 515 g/mol. The van der Waals surface area contributed by atoms with E-state index < -0.39 is 48.0 Å². The molecule has 1 aromatic heterocycles. The van der Waals surface area contributed by atoms with Crippen molar-refractivity contribution in [3.8, 4) is 0 Å². The first kappa shape index (κ1) is 26.2. The van der Waals surface area contributed by atoms with E-state index in [1.54, 1.807) is 6.07 Å². The van der Waals surface area contributed by atoms with E-state index >= 15 is 0 Å². The number of cyclic esters (lactones) is 1. The average Bonchev–Trinajstić information content (AvgIpc) is 3.48. The molecule has 0 unspecified atom stereocenters. The van der Waals surface area contributed by atoms with Gasteiger partial charge in [0.2, 0.25) is 0 Å². The summed E-state index contributed by atoms with van der Waals surface area (Å²) in [5.41, 5.74) is 0.247. The van der Waals surface area contributed by atoms with Crippen molar-refractivity contribution in [2.75, 3.05) is 0 Å². The SMILES string of the molecule is CC[C@@H](O)[C@H]1OC(=O)[C@H](CC)[C@H]2C=C[C@H]3[C@H]4O[C@]2(/C(C)=C/[C@H]1C)[C@@H]3[C@H](O)[C@@H](C)[C@H]4OC(=O)c1ccoc1. The van der Waals surface area contributed by atoms with Gasteiger partial charge in [-0.3, -0.25) is 4.79 Å². The van der Waals surface area contributed by atoms with Gasteiger partial charge in [0.15, 0.2) is 0 Å². The zero-order valence-corrected chi connectivity index (χ0v) is 22.1. The maximum absolute atomic E-state index is 13.6. The van der Waals surface area contributed by atoms with Gasteiger partial charge < -0.3 is 28.8 Å². The minimum absolute atomic E-state index is 0.186. The van der Waals surface area contributed by atoms with Crippen LogP contribution in [0.2, 0.25) is 0 Å². The summed E-state index contributed by atoms with van der Waals surface area (Å²) in [5.74, 6) is -2.93. The summed E-state index contributed by atoms with van der Waals surface area (Å²) >= 11 is 0. The zero-order chi connectivity index (χ0) is 26.6. The highest BCUT2D eigenvalue weighted by molar-refractivity contribution is 5.89. The Bertz CT molecular complexity index is 1080. The van der Waals surface area contributed by atoms with E-state index in [0.717, 1.165) is 5.57 Å². The number of rotatable bonds is 5. The first-order valence-corrected chi connectivity index (χ1v) is 13.5. The van der Waals surface area contributed by atoms with Crippen LogP contribution in [-0.4, -0.2) is 58.3 Å². The lowest BCUT2D eigenvalue weighted by molar-refractivity contribution is -0.168. The van der Waals surface area contributed by atoms with Crippen molar-refractivity contribution in [2.45, 2.75) is 83.6 Å². The van der Waals surface area contributed by atoms with Gasteiger partial charge in [-0.1, -0.05) is 45.9 Å². The molecule has 4 aliphatic rings. The normalized spacial score (nSPS) is 44.9. The molecule has 0 aromatic carbocycles. The van der Waals surface area contributed by atoms with Crippen LogP contribution in [0.5, 0.6) is 0 Å². The molecule has 4 bridgehead atoms. The Hall–Kier alpha value is -2.42. The van der Waals surface area contributed by atoms with Gasteiger partial charge in [-0.05, 0) is 31.4 Å². The monoisotopic (exact) mass is 514 g/mol. The van der Waals surface area contributed by atoms with E-state index in [0.29, 0.717) is 18.4 Å². The minimum atomic E-state index is -0.964. The van der Waals surface area contributed by atoms with Crippen LogP contribution >= 0.6 is 0 Å². The Morgan fingerprint density at radius 1 is 1.24 bits per heavy atom. The Morgan fingerprint density at radius 2 is 2.00 bits per heavy atom. The number of esters is 2. The van der Waals surface area contributed by atoms with E-state index in [1.165, 1.54) is 12.5 Å². The lowest BCUT2D eigenvalue weighted by Gasteiger charge is -2.49. The summed E-state index contributed by atoms with van der Waals surface area (Å²) in [5, 5.41) is 22.4. The minimum Gasteiger partial charge on any atom is -0.472 e. The lowest BCUT2D eigenvalue weighted by atomic mass is 9.56. The first-order chi connectivity index (χ1) is 17.6. The van der Waals surface area contributed by atoms with E-state index in [-0.39, 0.29) is 35.6 Å². The maximum atomic E-state index is 13.6. The largest absolute Gasteiger partial charge is 0.472 e. The molecule has 0 amide bonds. The van der Waals surface area contributed by atoms with Gasteiger partial charge in [0.1, 0.15) is 30.2 Å². The predicted molar refractivity (Wildman–Crippen MR) is 133 cm³/mol. The summed E-state index contributed by atoms with van der Waals surface area (Å²) in [6, 6.07) is 1.54. The van der Waals surface area contributed by atoms with Crippen molar-refractivity contribution in [2.24, 2.45) is 35.5 Å². The molecule has 202 valence electrons. The summed E-state index contributed by atoms with van der Waals surface area (Å²) in [7, 11) is 0. The third-order valence-electron chi connectivity index (χ3n) is 9.28. The quantitative estimate of drug-likeness (QED) is 0.452. The Balaban J connectivity index is 1.59. The molecular formula is C29H38O8. The van der Waals surface area contributed by atoms with E-state index in [1.807, 2.05) is 52.8 Å². The fourth-order valence-corrected chi connectivity index (χ4v) is 7.36. The van der Waals surface area contributed by atoms with Crippen molar-refractivity contribution in [3.63, 3.8) is 0 Å². The van der Waals surface area contributed by atoms with Crippen molar-refractivity contribution >= 4 is 11.9 Å². The van der Waals surface area contributed by atoms with Crippen LogP contribution in [-0.2, 0) is 19.0 Å². The molecule has 1 saturated heterocycles. The topological polar surface area (TPSA) is 115 Å². The molecule has 1 aromatic rings. The van der Waals surface area contributed by atoms with Crippen LogP contribution in [0.4, 0.5) is 0 Å². The fraction of sp³-hybridized carbons (Fsp3) is 0.655. The molecule has 2 N–H and O–H groups in total. The molecule has 5 rings (SSSR count).